The van der Waals surface area contributed by atoms with Crippen molar-refractivity contribution in [1.82, 2.24) is 10.1 Å². The first-order valence-electron chi connectivity index (χ1n) is 4.42. The van der Waals surface area contributed by atoms with E-state index in [-0.39, 0.29) is 11.9 Å². The van der Waals surface area contributed by atoms with E-state index in [0.717, 1.165) is 0 Å². The first-order chi connectivity index (χ1) is 7.25. The van der Waals surface area contributed by atoms with E-state index in [9.17, 15) is 4.79 Å². The molecule has 1 aromatic carbocycles. The van der Waals surface area contributed by atoms with Crippen molar-refractivity contribution in [2.45, 2.75) is 6.92 Å². The molecule has 0 unspecified atom stereocenters. The molecule has 5 nitrogen and oxygen atoms in total. The minimum Gasteiger partial charge on any atom is -0.338 e. The average Bonchev–Trinajstić information content (AvgIpc) is 2.65. The van der Waals surface area contributed by atoms with E-state index in [4.69, 9.17) is 4.52 Å². The van der Waals surface area contributed by atoms with Gasteiger partial charge in [-0.2, -0.15) is 4.98 Å². The van der Waals surface area contributed by atoms with E-state index in [2.05, 4.69) is 15.5 Å². The lowest BCUT2D eigenvalue weighted by Gasteiger charge is -1.98. The lowest BCUT2D eigenvalue weighted by atomic mass is 10.2. The van der Waals surface area contributed by atoms with Crippen molar-refractivity contribution in [3.8, 4) is 0 Å². The van der Waals surface area contributed by atoms with Crippen LogP contribution < -0.4 is 5.32 Å². The molecule has 0 saturated heterocycles. The van der Waals surface area contributed by atoms with Crippen molar-refractivity contribution < 1.29 is 9.32 Å². The van der Waals surface area contributed by atoms with Crippen LogP contribution >= 0.6 is 0 Å². The summed E-state index contributed by atoms with van der Waals surface area (Å²) in [5.74, 6) is 0.344. The van der Waals surface area contributed by atoms with Crippen LogP contribution in [0.4, 0.5) is 5.95 Å². The minimum atomic E-state index is -0.253. The molecule has 0 saturated carbocycles. The fourth-order valence-electron chi connectivity index (χ4n) is 1.11. The maximum atomic E-state index is 11.6. The van der Waals surface area contributed by atoms with Crippen molar-refractivity contribution >= 4 is 11.9 Å². The summed E-state index contributed by atoms with van der Waals surface area (Å²) >= 11 is 0. The molecular formula is C10H9N3O2. The Bertz CT molecular complexity index is 465. The van der Waals surface area contributed by atoms with Gasteiger partial charge in [-0.3, -0.25) is 10.1 Å². The largest absolute Gasteiger partial charge is 0.338 e. The lowest BCUT2D eigenvalue weighted by Crippen LogP contribution is -2.12. The Kier molecular flexibility index (Phi) is 2.45. The molecule has 2 rings (SSSR count). The van der Waals surface area contributed by atoms with Crippen molar-refractivity contribution in [3.05, 3.63) is 41.8 Å². The molecule has 76 valence electrons. The van der Waals surface area contributed by atoms with E-state index in [1.807, 2.05) is 6.07 Å². The van der Waals surface area contributed by atoms with Crippen LogP contribution in [0.25, 0.3) is 0 Å². The SMILES string of the molecule is Cc1nc(NC(=O)c2ccccc2)no1. The molecule has 0 aliphatic rings. The summed E-state index contributed by atoms with van der Waals surface area (Å²) in [7, 11) is 0. The van der Waals surface area contributed by atoms with E-state index in [1.54, 1.807) is 31.2 Å². The highest BCUT2D eigenvalue weighted by atomic mass is 16.5. The molecule has 0 atom stereocenters. The molecule has 0 aliphatic carbocycles. The summed E-state index contributed by atoms with van der Waals surface area (Å²) in [5, 5.41) is 6.09. The number of nitrogens with zero attached hydrogens (tertiary/aromatic N) is 2. The highest BCUT2D eigenvalue weighted by molar-refractivity contribution is 6.03. The van der Waals surface area contributed by atoms with Gasteiger partial charge in [0.2, 0.25) is 5.89 Å². The average molecular weight is 203 g/mol. The standard InChI is InChI=1S/C10H9N3O2/c1-7-11-10(13-15-7)12-9(14)8-5-3-2-4-6-8/h2-6H,1H3,(H,12,13,14). The zero-order valence-electron chi connectivity index (χ0n) is 8.10. The minimum absolute atomic E-state index is 0.182. The zero-order chi connectivity index (χ0) is 10.7. The molecule has 0 spiro atoms. The van der Waals surface area contributed by atoms with Crippen LogP contribution in [-0.4, -0.2) is 16.0 Å². The lowest BCUT2D eigenvalue weighted by molar-refractivity contribution is 0.102. The van der Waals surface area contributed by atoms with Gasteiger partial charge in [0, 0.05) is 12.5 Å². The second kappa shape index (κ2) is 3.91. The highest BCUT2D eigenvalue weighted by Gasteiger charge is 2.08. The van der Waals surface area contributed by atoms with Gasteiger partial charge < -0.3 is 4.52 Å². The van der Waals surface area contributed by atoms with Gasteiger partial charge in [0.15, 0.2) is 0 Å². The van der Waals surface area contributed by atoms with Crippen LogP contribution in [0.2, 0.25) is 0 Å². The van der Waals surface area contributed by atoms with Gasteiger partial charge in [-0.05, 0) is 17.3 Å². The molecule has 0 radical (unpaired) electrons. The topological polar surface area (TPSA) is 68.0 Å². The van der Waals surface area contributed by atoms with Gasteiger partial charge in [-0.1, -0.05) is 18.2 Å². The normalized spacial score (nSPS) is 9.93. The molecule has 0 fully saturated rings. The number of aromatic nitrogens is 2. The van der Waals surface area contributed by atoms with Crippen molar-refractivity contribution in [2.24, 2.45) is 0 Å². The second-order valence-corrected chi connectivity index (χ2v) is 2.96. The van der Waals surface area contributed by atoms with Gasteiger partial charge in [0.1, 0.15) is 0 Å². The Labute approximate surface area is 86.1 Å². The van der Waals surface area contributed by atoms with Crippen LogP contribution in [0.15, 0.2) is 34.9 Å². The van der Waals surface area contributed by atoms with Crippen molar-refractivity contribution in [3.63, 3.8) is 0 Å². The molecule has 1 heterocycles. The second-order valence-electron chi connectivity index (χ2n) is 2.96. The third-order valence-electron chi connectivity index (χ3n) is 1.79. The van der Waals surface area contributed by atoms with Crippen LogP contribution in [0.5, 0.6) is 0 Å². The highest BCUT2D eigenvalue weighted by Crippen LogP contribution is 2.04. The summed E-state index contributed by atoms with van der Waals surface area (Å²) in [4.78, 5) is 15.5. The number of hydrogen-bond donors (Lipinski definition) is 1. The number of anilines is 1. The Morgan fingerprint density at radius 3 is 2.67 bits per heavy atom. The number of benzene rings is 1. The van der Waals surface area contributed by atoms with Gasteiger partial charge in [-0.25, -0.2) is 0 Å². The molecule has 0 aliphatic heterocycles. The number of hydrogen-bond acceptors (Lipinski definition) is 4. The summed E-state index contributed by atoms with van der Waals surface area (Å²) in [6.45, 7) is 1.66. The fraction of sp³-hybridized carbons (Fsp3) is 0.100. The van der Waals surface area contributed by atoms with Gasteiger partial charge >= 0.3 is 0 Å². The molecular weight excluding hydrogens is 194 g/mol. The fourth-order valence-corrected chi connectivity index (χ4v) is 1.11. The smallest absolute Gasteiger partial charge is 0.270 e. The van der Waals surface area contributed by atoms with Gasteiger partial charge in [0.05, 0.1) is 0 Å². The number of carbonyl (C=O) groups is 1. The molecule has 0 bridgehead atoms. The molecule has 2 aromatic rings. The van der Waals surface area contributed by atoms with Gasteiger partial charge in [-0.15, -0.1) is 0 Å². The first-order valence-corrected chi connectivity index (χ1v) is 4.42. The molecule has 5 heteroatoms. The number of carbonyl (C=O) groups excluding carboxylic acids is 1. The van der Waals surface area contributed by atoms with Gasteiger partial charge in [0.25, 0.3) is 11.9 Å². The Morgan fingerprint density at radius 2 is 2.07 bits per heavy atom. The third kappa shape index (κ3) is 2.19. The summed E-state index contributed by atoms with van der Waals surface area (Å²) in [5.41, 5.74) is 0.556. The monoisotopic (exact) mass is 203 g/mol. The number of aryl methyl sites for hydroxylation is 1. The summed E-state index contributed by atoms with van der Waals surface area (Å²) < 4.78 is 4.73. The molecule has 1 N–H and O–H groups in total. The summed E-state index contributed by atoms with van der Waals surface area (Å²) in [6, 6.07) is 8.84. The van der Waals surface area contributed by atoms with E-state index < -0.39 is 0 Å². The third-order valence-corrected chi connectivity index (χ3v) is 1.79. The van der Waals surface area contributed by atoms with Crippen LogP contribution in [0.3, 0.4) is 0 Å². The Morgan fingerprint density at radius 1 is 1.33 bits per heavy atom. The zero-order valence-corrected chi connectivity index (χ0v) is 8.10. The number of nitrogens with one attached hydrogen (secondary N) is 1. The maximum Gasteiger partial charge on any atom is 0.270 e. The quantitative estimate of drug-likeness (QED) is 0.805. The maximum absolute atomic E-state index is 11.6. The predicted molar refractivity (Wildman–Crippen MR) is 53.4 cm³/mol. The number of rotatable bonds is 2. The Balaban J connectivity index is 2.11. The first kappa shape index (κ1) is 9.39. The predicted octanol–water partition coefficient (Wildman–Crippen LogP) is 1.63. The van der Waals surface area contributed by atoms with E-state index >= 15 is 0 Å². The van der Waals surface area contributed by atoms with Crippen LogP contribution in [0.1, 0.15) is 16.2 Å². The van der Waals surface area contributed by atoms with Crippen LogP contribution in [0, 0.1) is 6.92 Å². The van der Waals surface area contributed by atoms with E-state index in [0.29, 0.717) is 11.5 Å². The van der Waals surface area contributed by atoms with E-state index in [1.165, 1.54) is 0 Å². The number of amides is 1. The Hall–Kier alpha value is -2.17. The molecule has 15 heavy (non-hydrogen) atoms. The van der Waals surface area contributed by atoms with Crippen LogP contribution in [-0.2, 0) is 0 Å². The summed E-state index contributed by atoms with van der Waals surface area (Å²) in [6.07, 6.45) is 0. The van der Waals surface area contributed by atoms with Crippen molar-refractivity contribution in [1.29, 1.82) is 0 Å². The molecule has 1 aromatic heterocycles. The molecule has 1 amide bonds. The van der Waals surface area contributed by atoms with Crippen molar-refractivity contribution in [2.75, 3.05) is 5.32 Å².